The SMILES string of the molecule is CO[C@@H](C(=O)N1C[C@H]2N(CC[C@@]2(O)c2ccccc2)C1=O)c1ccccc1. The summed E-state index contributed by atoms with van der Waals surface area (Å²) >= 11 is 0. The molecule has 3 amide bonds. The highest BCUT2D eigenvalue weighted by atomic mass is 16.5. The van der Waals surface area contributed by atoms with E-state index in [-0.39, 0.29) is 12.6 Å². The van der Waals surface area contributed by atoms with Gasteiger partial charge in [-0.2, -0.15) is 0 Å². The van der Waals surface area contributed by atoms with Crippen molar-refractivity contribution < 1.29 is 19.4 Å². The number of rotatable bonds is 4. The lowest BCUT2D eigenvalue weighted by Gasteiger charge is -2.29. The molecule has 0 aliphatic carbocycles. The summed E-state index contributed by atoms with van der Waals surface area (Å²) in [5.41, 5.74) is 0.315. The van der Waals surface area contributed by atoms with Gasteiger partial charge in [0, 0.05) is 20.1 Å². The predicted molar refractivity (Wildman–Crippen MR) is 98.8 cm³/mol. The Morgan fingerprint density at radius 3 is 2.41 bits per heavy atom. The van der Waals surface area contributed by atoms with E-state index in [2.05, 4.69) is 0 Å². The van der Waals surface area contributed by atoms with Crippen LogP contribution in [0.25, 0.3) is 0 Å². The van der Waals surface area contributed by atoms with Crippen LogP contribution in [0.2, 0.25) is 0 Å². The fourth-order valence-electron chi connectivity index (χ4n) is 4.15. The van der Waals surface area contributed by atoms with Crippen molar-refractivity contribution in [2.75, 3.05) is 20.2 Å². The molecule has 2 aliphatic rings. The summed E-state index contributed by atoms with van der Waals surface area (Å²) in [5, 5.41) is 11.3. The molecule has 1 N–H and O–H groups in total. The van der Waals surface area contributed by atoms with Crippen molar-refractivity contribution in [1.82, 2.24) is 9.80 Å². The largest absolute Gasteiger partial charge is 0.383 e. The summed E-state index contributed by atoms with van der Waals surface area (Å²) < 4.78 is 5.39. The summed E-state index contributed by atoms with van der Waals surface area (Å²) in [6.45, 7) is 0.567. The molecule has 2 heterocycles. The monoisotopic (exact) mass is 366 g/mol. The van der Waals surface area contributed by atoms with Gasteiger partial charge in [-0.15, -0.1) is 0 Å². The van der Waals surface area contributed by atoms with Gasteiger partial charge in [0.05, 0.1) is 12.6 Å². The molecule has 6 heteroatoms. The molecule has 140 valence electrons. The number of methoxy groups -OCH3 is 1. The van der Waals surface area contributed by atoms with Gasteiger partial charge in [-0.1, -0.05) is 60.7 Å². The first-order valence-electron chi connectivity index (χ1n) is 9.04. The third-order valence-electron chi connectivity index (χ3n) is 5.60. The molecule has 2 saturated heterocycles. The lowest BCUT2D eigenvalue weighted by Crippen LogP contribution is -2.42. The average molecular weight is 366 g/mol. The molecular formula is C21H22N2O4. The summed E-state index contributed by atoms with van der Waals surface area (Å²) in [6, 6.07) is 17.6. The van der Waals surface area contributed by atoms with E-state index >= 15 is 0 Å². The average Bonchev–Trinajstić information content (AvgIpc) is 3.22. The van der Waals surface area contributed by atoms with Gasteiger partial charge in [-0.05, 0) is 11.1 Å². The van der Waals surface area contributed by atoms with E-state index in [1.165, 1.54) is 12.0 Å². The fourth-order valence-corrected chi connectivity index (χ4v) is 4.15. The summed E-state index contributed by atoms with van der Waals surface area (Å²) in [5.74, 6) is -0.404. The van der Waals surface area contributed by atoms with Crippen molar-refractivity contribution >= 4 is 11.9 Å². The minimum absolute atomic E-state index is 0.149. The Morgan fingerprint density at radius 1 is 1.15 bits per heavy atom. The van der Waals surface area contributed by atoms with E-state index in [0.717, 1.165) is 5.56 Å². The number of hydrogen-bond acceptors (Lipinski definition) is 4. The number of imide groups is 1. The lowest BCUT2D eigenvalue weighted by atomic mass is 9.86. The molecule has 6 nitrogen and oxygen atoms in total. The second kappa shape index (κ2) is 6.79. The van der Waals surface area contributed by atoms with Gasteiger partial charge in [-0.3, -0.25) is 9.69 Å². The molecule has 0 aromatic heterocycles. The van der Waals surface area contributed by atoms with E-state index < -0.39 is 23.7 Å². The van der Waals surface area contributed by atoms with E-state index in [1.807, 2.05) is 48.5 Å². The molecule has 0 bridgehead atoms. The van der Waals surface area contributed by atoms with Crippen LogP contribution in [0.4, 0.5) is 4.79 Å². The molecule has 3 atom stereocenters. The molecule has 2 aromatic rings. The Balaban J connectivity index is 1.60. The first-order chi connectivity index (χ1) is 13.1. The second-order valence-electron chi connectivity index (χ2n) is 7.01. The van der Waals surface area contributed by atoms with Gasteiger partial charge >= 0.3 is 6.03 Å². The maximum Gasteiger partial charge on any atom is 0.327 e. The zero-order chi connectivity index (χ0) is 19.0. The Morgan fingerprint density at radius 2 is 1.78 bits per heavy atom. The molecule has 2 fully saturated rings. The molecule has 27 heavy (non-hydrogen) atoms. The molecular weight excluding hydrogens is 344 g/mol. The standard InChI is InChI=1S/C21H22N2O4/c1-27-18(15-8-4-2-5-9-15)19(24)23-14-17-21(26,12-13-22(17)20(23)25)16-10-6-3-7-11-16/h2-11,17-18,26H,12-14H2,1H3/t17-,18-,21-/m1/s1. The van der Waals surface area contributed by atoms with Crippen LogP contribution in [0.1, 0.15) is 23.7 Å². The second-order valence-corrected chi connectivity index (χ2v) is 7.01. The van der Waals surface area contributed by atoms with Gasteiger partial charge in [-0.25, -0.2) is 4.79 Å². The van der Waals surface area contributed by atoms with Crippen LogP contribution in [0.15, 0.2) is 60.7 Å². The Bertz CT molecular complexity index is 842. The van der Waals surface area contributed by atoms with Gasteiger partial charge in [0.25, 0.3) is 5.91 Å². The first kappa shape index (κ1) is 17.7. The number of aliphatic hydroxyl groups is 1. The number of benzene rings is 2. The molecule has 4 rings (SSSR count). The third kappa shape index (κ3) is 2.81. The number of carbonyl (C=O) groups excluding carboxylic acids is 2. The van der Waals surface area contributed by atoms with Crippen molar-refractivity contribution in [1.29, 1.82) is 0 Å². The van der Waals surface area contributed by atoms with Gasteiger partial charge < -0.3 is 14.7 Å². The number of hydrogen-bond donors (Lipinski definition) is 1. The molecule has 0 radical (unpaired) electrons. The van der Waals surface area contributed by atoms with Crippen LogP contribution < -0.4 is 0 Å². The van der Waals surface area contributed by atoms with E-state index in [9.17, 15) is 14.7 Å². The Kier molecular flexibility index (Phi) is 4.45. The lowest BCUT2D eigenvalue weighted by molar-refractivity contribution is -0.139. The quantitative estimate of drug-likeness (QED) is 0.901. The van der Waals surface area contributed by atoms with Crippen molar-refractivity contribution in [3.63, 3.8) is 0 Å². The predicted octanol–water partition coefficient (Wildman–Crippen LogP) is 2.30. The summed E-state index contributed by atoms with van der Waals surface area (Å²) in [4.78, 5) is 28.7. The van der Waals surface area contributed by atoms with E-state index in [1.54, 1.807) is 17.0 Å². The van der Waals surface area contributed by atoms with Crippen LogP contribution in [0.5, 0.6) is 0 Å². The number of urea groups is 1. The fraction of sp³-hybridized carbons (Fsp3) is 0.333. The zero-order valence-corrected chi connectivity index (χ0v) is 15.1. The van der Waals surface area contributed by atoms with Crippen LogP contribution >= 0.6 is 0 Å². The number of carbonyl (C=O) groups is 2. The van der Waals surface area contributed by atoms with Crippen molar-refractivity contribution in [3.05, 3.63) is 71.8 Å². The molecule has 2 aromatic carbocycles. The molecule has 0 unspecified atom stereocenters. The molecule has 0 saturated carbocycles. The summed E-state index contributed by atoms with van der Waals surface area (Å²) in [7, 11) is 1.46. The minimum Gasteiger partial charge on any atom is -0.383 e. The Labute approximate surface area is 158 Å². The van der Waals surface area contributed by atoms with Crippen molar-refractivity contribution in [2.45, 2.75) is 24.2 Å². The number of amides is 3. The smallest absolute Gasteiger partial charge is 0.327 e. The molecule has 2 aliphatic heterocycles. The zero-order valence-electron chi connectivity index (χ0n) is 15.1. The van der Waals surface area contributed by atoms with Crippen molar-refractivity contribution in [2.24, 2.45) is 0 Å². The number of fused-ring (bicyclic) bond motifs is 1. The van der Waals surface area contributed by atoms with E-state index in [4.69, 9.17) is 4.74 Å². The highest BCUT2D eigenvalue weighted by molar-refractivity contribution is 5.99. The van der Waals surface area contributed by atoms with Gasteiger partial charge in [0.1, 0.15) is 5.60 Å². The van der Waals surface area contributed by atoms with Crippen LogP contribution in [-0.4, -0.2) is 53.1 Å². The number of ether oxygens (including phenoxy) is 1. The van der Waals surface area contributed by atoms with Crippen molar-refractivity contribution in [3.8, 4) is 0 Å². The van der Waals surface area contributed by atoms with Crippen LogP contribution in [0.3, 0.4) is 0 Å². The third-order valence-corrected chi connectivity index (χ3v) is 5.60. The van der Waals surface area contributed by atoms with Gasteiger partial charge in [0.15, 0.2) is 6.10 Å². The highest BCUT2D eigenvalue weighted by Crippen LogP contribution is 2.42. The van der Waals surface area contributed by atoms with Crippen LogP contribution in [-0.2, 0) is 15.1 Å². The molecule has 0 spiro atoms. The highest BCUT2D eigenvalue weighted by Gasteiger charge is 2.56. The maximum atomic E-state index is 13.0. The maximum absolute atomic E-state index is 13.0. The minimum atomic E-state index is -1.15. The normalized spacial score (nSPS) is 25.6. The number of nitrogens with zero attached hydrogens (tertiary/aromatic N) is 2. The first-order valence-corrected chi connectivity index (χ1v) is 9.04. The Hall–Kier alpha value is -2.70. The summed E-state index contributed by atoms with van der Waals surface area (Å²) in [6.07, 6.45) is -0.387. The van der Waals surface area contributed by atoms with Gasteiger partial charge in [0.2, 0.25) is 0 Å². The van der Waals surface area contributed by atoms with Crippen LogP contribution in [0, 0.1) is 0 Å². The van der Waals surface area contributed by atoms with E-state index in [0.29, 0.717) is 18.5 Å². The topological polar surface area (TPSA) is 70.1 Å².